The minimum absolute atomic E-state index is 0.240. The molecule has 0 fully saturated rings. The van der Waals surface area contributed by atoms with Crippen LogP contribution in [0.25, 0.3) is 5.69 Å². The number of benzene rings is 2. The smallest absolute Gasteiger partial charge is 0.279 e. The van der Waals surface area contributed by atoms with Crippen molar-refractivity contribution in [3.8, 4) is 5.69 Å². The summed E-state index contributed by atoms with van der Waals surface area (Å²) in [7, 11) is 0. The molecule has 0 atom stereocenters. The van der Waals surface area contributed by atoms with Gasteiger partial charge in [0.2, 0.25) is 0 Å². The maximum atomic E-state index is 12.6. The topological polar surface area (TPSA) is 77.6 Å². The summed E-state index contributed by atoms with van der Waals surface area (Å²) in [5, 5.41) is 15.8. The number of hydrogen-bond acceptors (Lipinski definition) is 4. The van der Waals surface area contributed by atoms with Crippen LogP contribution in [0, 0.1) is 6.92 Å². The first-order chi connectivity index (χ1) is 13.2. The lowest BCUT2D eigenvalue weighted by molar-refractivity contribution is 0.102. The average Bonchev–Trinajstić information content (AvgIpc) is 3.31. The van der Waals surface area contributed by atoms with Crippen molar-refractivity contribution in [2.45, 2.75) is 13.5 Å². The molecule has 0 saturated carbocycles. The molecule has 0 radical (unpaired) electrons. The zero-order valence-electron chi connectivity index (χ0n) is 14.8. The first kappa shape index (κ1) is 16.7. The molecule has 0 aliphatic carbocycles. The Morgan fingerprint density at radius 3 is 2.44 bits per heavy atom. The van der Waals surface area contributed by atoms with Gasteiger partial charge in [-0.05, 0) is 24.6 Å². The zero-order chi connectivity index (χ0) is 18.6. The van der Waals surface area contributed by atoms with Crippen LogP contribution in [0.4, 0.5) is 5.82 Å². The Morgan fingerprint density at radius 1 is 1.00 bits per heavy atom. The fourth-order valence-electron chi connectivity index (χ4n) is 2.76. The Morgan fingerprint density at radius 2 is 1.70 bits per heavy atom. The van der Waals surface area contributed by atoms with E-state index in [-0.39, 0.29) is 11.6 Å². The monoisotopic (exact) mass is 358 g/mol. The highest BCUT2D eigenvalue weighted by Gasteiger charge is 2.15. The molecule has 2 aromatic heterocycles. The van der Waals surface area contributed by atoms with Crippen LogP contribution in [0.3, 0.4) is 0 Å². The van der Waals surface area contributed by atoms with E-state index in [1.54, 1.807) is 4.68 Å². The number of amides is 1. The second-order valence-corrected chi connectivity index (χ2v) is 6.12. The highest BCUT2D eigenvalue weighted by atomic mass is 16.2. The molecule has 0 aliphatic heterocycles. The molecule has 134 valence electrons. The summed E-state index contributed by atoms with van der Waals surface area (Å²) in [5.74, 6) is 0.294. The molecule has 7 nitrogen and oxygen atoms in total. The normalized spacial score (nSPS) is 10.7. The zero-order valence-corrected chi connectivity index (χ0v) is 14.8. The van der Waals surface area contributed by atoms with Gasteiger partial charge in [-0.2, -0.15) is 15.0 Å². The molecule has 27 heavy (non-hydrogen) atoms. The Hall–Kier alpha value is -3.74. The standard InChI is InChI=1S/C20H18N6O/c1-15-12-19(25(23-15)14-16-8-4-2-5-9-16)22-20(27)18-13-21-26(24-18)17-10-6-3-7-11-17/h2-13H,14H2,1H3,(H,22,27). The van der Waals surface area contributed by atoms with E-state index in [1.165, 1.54) is 11.0 Å². The highest BCUT2D eigenvalue weighted by molar-refractivity contribution is 6.02. The van der Waals surface area contributed by atoms with Crippen molar-refractivity contribution in [2.75, 3.05) is 5.32 Å². The summed E-state index contributed by atoms with van der Waals surface area (Å²) in [6.07, 6.45) is 1.45. The van der Waals surface area contributed by atoms with Crippen LogP contribution in [0.15, 0.2) is 72.9 Å². The quantitative estimate of drug-likeness (QED) is 0.595. The largest absolute Gasteiger partial charge is 0.305 e. The number of anilines is 1. The van der Waals surface area contributed by atoms with Gasteiger partial charge in [0, 0.05) is 6.07 Å². The van der Waals surface area contributed by atoms with E-state index in [4.69, 9.17) is 0 Å². The lowest BCUT2D eigenvalue weighted by Crippen LogP contribution is -2.17. The molecule has 7 heteroatoms. The Labute approximate surface area is 156 Å². The second-order valence-electron chi connectivity index (χ2n) is 6.12. The molecule has 2 heterocycles. The molecule has 0 saturated heterocycles. The minimum Gasteiger partial charge on any atom is -0.305 e. The van der Waals surface area contributed by atoms with Crippen LogP contribution in [0.5, 0.6) is 0 Å². The lowest BCUT2D eigenvalue weighted by atomic mass is 10.2. The van der Waals surface area contributed by atoms with E-state index < -0.39 is 0 Å². The third kappa shape index (κ3) is 3.77. The Bertz CT molecular complexity index is 1050. The van der Waals surface area contributed by atoms with Gasteiger partial charge in [0.1, 0.15) is 5.82 Å². The molecule has 1 N–H and O–H groups in total. The second kappa shape index (κ2) is 7.25. The summed E-state index contributed by atoms with van der Waals surface area (Å²) >= 11 is 0. The summed E-state index contributed by atoms with van der Waals surface area (Å²) in [6.45, 7) is 2.46. The highest BCUT2D eigenvalue weighted by Crippen LogP contribution is 2.14. The number of nitrogens with zero attached hydrogens (tertiary/aromatic N) is 5. The number of hydrogen-bond donors (Lipinski definition) is 1. The lowest BCUT2D eigenvalue weighted by Gasteiger charge is -2.08. The van der Waals surface area contributed by atoms with Crippen LogP contribution >= 0.6 is 0 Å². The molecule has 0 unspecified atom stereocenters. The SMILES string of the molecule is Cc1cc(NC(=O)c2cnn(-c3ccccc3)n2)n(Cc2ccccc2)n1. The summed E-state index contributed by atoms with van der Waals surface area (Å²) in [4.78, 5) is 14.0. The Kier molecular flexibility index (Phi) is 4.49. The summed E-state index contributed by atoms with van der Waals surface area (Å²) in [5.41, 5.74) is 2.96. The predicted octanol–water partition coefficient (Wildman–Crippen LogP) is 3.07. The first-order valence-electron chi connectivity index (χ1n) is 8.56. The van der Waals surface area contributed by atoms with Crippen LogP contribution in [0.1, 0.15) is 21.7 Å². The van der Waals surface area contributed by atoms with Crippen LogP contribution < -0.4 is 5.32 Å². The van der Waals surface area contributed by atoms with Gasteiger partial charge in [0.05, 0.1) is 24.1 Å². The van der Waals surface area contributed by atoms with Crippen molar-refractivity contribution in [2.24, 2.45) is 0 Å². The van der Waals surface area contributed by atoms with E-state index in [0.29, 0.717) is 12.4 Å². The number of carbonyl (C=O) groups is 1. The van der Waals surface area contributed by atoms with E-state index in [2.05, 4.69) is 20.6 Å². The minimum atomic E-state index is -0.327. The molecule has 2 aromatic carbocycles. The van der Waals surface area contributed by atoms with Gasteiger partial charge in [-0.15, -0.1) is 5.10 Å². The van der Waals surface area contributed by atoms with Gasteiger partial charge >= 0.3 is 0 Å². The van der Waals surface area contributed by atoms with Gasteiger partial charge < -0.3 is 5.32 Å². The van der Waals surface area contributed by atoms with E-state index in [9.17, 15) is 4.79 Å². The predicted molar refractivity (Wildman–Crippen MR) is 102 cm³/mol. The van der Waals surface area contributed by atoms with Gasteiger partial charge in [-0.1, -0.05) is 48.5 Å². The average molecular weight is 358 g/mol. The number of carbonyl (C=O) groups excluding carboxylic acids is 1. The van der Waals surface area contributed by atoms with Crippen LogP contribution in [-0.4, -0.2) is 30.7 Å². The molecular weight excluding hydrogens is 340 g/mol. The van der Waals surface area contributed by atoms with Gasteiger partial charge in [-0.3, -0.25) is 4.79 Å². The molecular formula is C20H18N6O. The Balaban J connectivity index is 1.53. The van der Waals surface area contributed by atoms with E-state index in [0.717, 1.165) is 16.9 Å². The van der Waals surface area contributed by atoms with Crippen molar-refractivity contribution < 1.29 is 4.79 Å². The van der Waals surface area contributed by atoms with Gasteiger partial charge in [0.25, 0.3) is 5.91 Å². The molecule has 4 aromatic rings. The fourth-order valence-corrected chi connectivity index (χ4v) is 2.76. The third-order valence-corrected chi connectivity index (χ3v) is 4.03. The van der Waals surface area contributed by atoms with Crippen molar-refractivity contribution in [3.63, 3.8) is 0 Å². The third-order valence-electron chi connectivity index (χ3n) is 4.03. The van der Waals surface area contributed by atoms with Crippen molar-refractivity contribution >= 4 is 11.7 Å². The molecule has 0 aliphatic rings. The molecule has 4 rings (SSSR count). The number of rotatable bonds is 5. The van der Waals surface area contributed by atoms with Crippen molar-refractivity contribution in [1.82, 2.24) is 24.8 Å². The first-order valence-corrected chi connectivity index (χ1v) is 8.56. The van der Waals surface area contributed by atoms with Gasteiger partial charge in [0.15, 0.2) is 5.69 Å². The number of nitrogens with one attached hydrogen (secondary N) is 1. The number of aromatic nitrogens is 5. The van der Waals surface area contributed by atoms with Crippen molar-refractivity contribution in [1.29, 1.82) is 0 Å². The van der Waals surface area contributed by atoms with E-state index in [1.807, 2.05) is 73.7 Å². The number of para-hydroxylation sites is 1. The van der Waals surface area contributed by atoms with E-state index >= 15 is 0 Å². The van der Waals surface area contributed by atoms with Crippen LogP contribution in [0.2, 0.25) is 0 Å². The fraction of sp³-hybridized carbons (Fsp3) is 0.100. The molecule has 0 bridgehead atoms. The molecule has 0 spiro atoms. The summed E-state index contributed by atoms with van der Waals surface area (Å²) < 4.78 is 1.77. The van der Waals surface area contributed by atoms with Gasteiger partial charge in [-0.25, -0.2) is 4.68 Å². The summed E-state index contributed by atoms with van der Waals surface area (Å²) in [6, 6.07) is 21.3. The maximum Gasteiger partial charge on any atom is 0.279 e. The van der Waals surface area contributed by atoms with Crippen LogP contribution in [-0.2, 0) is 6.54 Å². The number of aryl methyl sites for hydroxylation is 1. The maximum absolute atomic E-state index is 12.6. The molecule has 1 amide bonds. The van der Waals surface area contributed by atoms with Crippen molar-refractivity contribution in [3.05, 3.63) is 89.9 Å².